The topological polar surface area (TPSA) is 52.6 Å². The minimum absolute atomic E-state index is 0.00421. The molecule has 32 heavy (non-hydrogen) atoms. The van der Waals surface area contributed by atoms with Crippen molar-refractivity contribution in [3.63, 3.8) is 0 Å². The van der Waals surface area contributed by atoms with E-state index in [4.69, 9.17) is 11.6 Å². The van der Waals surface area contributed by atoms with Gasteiger partial charge in [-0.3, -0.25) is 4.79 Å². The molecule has 0 unspecified atom stereocenters. The van der Waals surface area contributed by atoms with Crippen LogP contribution in [0.1, 0.15) is 38.5 Å². The normalized spacial score (nSPS) is 22.8. The molecule has 3 aliphatic rings. The largest absolute Gasteiger partial charge is 0.341 e. The number of rotatable bonds is 3. The van der Waals surface area contributed by atoms with Gasteiger partial charge in [-0.05, 0) is 43.9 Å². The number of benzene rings is 1. The monoisotopic (exact) mass is 485 g/mol. The highest BCUT2D eigenvalue weighted by atomic mass is 35.5. The highest BCUT2D eigenvalue weighted by molar-refractivity contribution is 7.09. The highest BCUT2D eigenvalue weighted by Gasteiger charge is 2.46. The van der Waals surface area contributed by atoms with Gasteiger partial charge in [-0.1, -0.05) is 11.6 Å². The molecule has 172 valence electrons. The van der Waals surface area contributed by atoms with E-state index in [1.165, 1.54) is 12.1 Å². The quantitative estimate of drug-likeness (QED) is 0.629. The van der Waals surface area contributed by atoms with Gasteiger partial charge in [-0.25, -0.2) is 13.2 Å². The maximum Gasteiger partial charge on any atom is 0.267 e. The van der Waals surface area contributed by atoms with E-state index < -0.39 is 11.7 Å². The lowest BCUT2D eigenvalue weighted by atomic mass is 9.78. The summed E-state index contributed by atoms with van der Waals surface area (Å²) < 4.78 is 45.6. The molecule has 11 heteroatoms. The SMILES string of the molecule is O=C1CCCC2(CCN(c3nsc(N4CCC(F)(F)C4)n3)CC2)N1c1ccc(Cl)c(F)c1. The highest BCUT2D eigenvalue weighted by Crippen LogP contribution is 2.42. The van der Waals surface area contributed by atoms with Gasteiger partial charge in [0.05, 0.1) is 17.1 Å². The number of anilines is 3. The molecule has 3 aliphatic heterocycles. The van der Waals surface area contributed by atoms with Crippen LogP contribution in [0.5, 0.6) is 0 Å². The van der Waals surface area contributed by atoms with Crippen LogP contribution in [-0.2, 0) is 4.79 Å². The van der Waals surface area contributed by atoms with Crippen LogP contribution in [-0.4, -0.2) is 52.9 Å². The molecule has 0 bridgehead atoms. The second kappa shape index (κ2) is 8.06. The van der Waals surface area contributed by atoms with Crippen LogP contribution in [0.4, 0.5) is 29.9 Å². The third-order valence-electron chi connectivity index (χ3n) is 6.74. The molecule has 2 aromatic rings. The van der Waals surface area contributed by atoms with E-state index in [0.717, 1.165) is 24.4 Å². The number of hydrogen-bond donors (Lipinski definition) is 0. The van der Waals surface area contributed by atoms with Gasteiger partial charge < -0.3 is 14.7 Å². The first-order valence-electron chi connectivity index (χ1n) is 10.8. The van der Waals surface area contributed by atoms with E-state index in [9.17, 15) is 18.0 Å². The van der Waals surface area contributed by atoms with E-state index in [-0.39, 0.29) is 36.0 Å². The molecular weight excluding hydrogens is 463 g/mol. The van der Waals surface area contributed by atoms with E-state index in [1.807, 2.05) is 4.90 Å². The average molecular weight is 486 g/mol. The van der Waals surface area contributed by atoms with Crippen molar-refractivity contribution >= 4 is 45.8 Å². The van der Waals surface area contributed by atoms with Crippen molar-refractivity contribution in [3.05, 3.63) is 29.0 Å². The molecular formula is C21H23ClF3N5OS. The number of carbonyl (C=O) groups is 1. The average Bonchev–Trinajstić information content (AvgIpc) is 3.38. The van der Waals surface area contributed by atoms with Crippen LogP contribution < -0.4 is 14.7 Å². The van der Waals surface area contributed by atoms with Crippen molar-refractivity contribution in [3.8, 4) is 0 Å². The summed E-state index contributed by atoms with van der Waals surface area (Å²) in [6.07, 6.45) is 3.30. The smallest absolute Gasteiger partial charge is 0.267 e. The van der Waals surface area contributed by atoms with Crippen molar-refractivity contribution < 1.29 is 18.0 Å². The van der Waals surface area contributed by atoms with E-state index in [1.54, 1.807) is 15.9 Å². The molecule has 1 aromatic carbocycles. The van der Waals surface area contributed by atoms with Gasteiger partial charge in [-0.2, -0.15) is 9.36 Å². The predicted octanol–water partition coefficient (Wildman–Crippen LogP) is 4.73. The molecule has 0 radical (unpaired) electrons. The number of carbonyl (C=O) groups excluding carboxylic acids is 1. The summed E-state index contributed by atoms with van der Waals surface area (Å²) >= 11 is 6.98. The second-order valence-corrected chi connectivity index (χ2v) is 9.93. The molecule has 0 saturated carbocycles. The van der Waals surface area contributed by atoms with Crippen molar-refractivity contribution in [2.45, 2.75) is 50.0 Å². The van der Waals surface area contributed by atoms with Gasteiger partial charge >= 0.3 is 0 Å². The third-order valence-corrected chi connectivity index (χ3v) is 7.81. The van der Waals surface area contributed by atoms with E-state index in [0.29, 0.717) is 49.1 Å². The maximum atomic E-state index is 14.1. The van der Waals surface area contributed by atoms with Crippen LogP contribution in [0.15, 0.2) is 18.2 Å². The molecule has 3 fully saturated rings. The number of alkyl halides is 2. The third kappa shape index (κ3) is 3.91. The van der Waals surface area contributed by atoms with Gasteiger partial charge in [0.15, 0.2) is 0 Å². The summed E-state index contributed by atoms with van der Waals surface area (Å²) in [5.41, 5.74) is 0.149. The second-order valence-electron chi connectivity index (χ2n) is 8.80. The zero-order chi connectivity index (χ0) is 22.5. The lowest BCUT2D eigenvalue weighted by molar-refractivity contribution is -0.121. The van der Waals surface area contributed by atoms with Crippen molar-refractivity contribution in [2.24, 2.45) is 0 Å². The number of nitrogens with zero attached hydrogens (tertiary/aromatic N) is 5. The summed E-state index contributed by atoms with van der Waals surface area (Å²) in [6, 6.07) is 4.52. The van der Waals surface area contributed by atoms with Crippen LogP contribution >= 0.6 is 23.1 Å². The molecule has 0 N–H and O–H groups in total. The minimum Gasteiger partial charge on any atom is -0.341 e. The van der Waals surface area contributed by atoms with Gasteiger partial charge in [0.25, 0.3) is 5.92 Å². The summed E-state index contributed by atoms with van der Waals surface area (Å²) in [6.45, 7) is 1.22. The zero-order valence-electron chi connectivity index (χ0n) is 17.4. The Hall–Kier alpha value is -2.07. The molecule has 1 amide bonds. The lowest BCUT2D eigenvalue weighted by Gasteiger charge is -2.51. The lowest BCUT2D eigenvalue weighted by Crippen LogP contribution is -2.60. The summed E-state index contributed by atoms with van der Waals surface area (Å²) in [7, 11) is 0. The molecule has 4 heterocycles. The number of halogens is 4. The van der Waals surface area contributed by atoms with Crippen LogP contribution in [0, 0.1) is 5.82 Å². The molecule has 1 spiro atoms. The Morgan fingerprint density at radius 1 is 1.06 bits per heavy atom. The summed E-state index contributed by atoms with van der Waals surface area (Å²) in [5.74, 6) is -2.68. The maximum absolute atomic E-state index is 14.1. The van der Waals surface area contributed by atoms with Crippen LogP contribution in [0.25, 0.3) is 0 Å². The van der Waals surface area contributed by atoms with Gasteiger partial charge in [0, 0.05) is 49.7 Å². The fraction of sp³-hybridized carbons (Fsp3) is 0.571. The Kier molecular flexibility index (Phi) is 5.48. The first-order chi connectivity index (χ1) is 15.3. The predicted molar refractivity (Wildman–Crippen MR) is 119 cm³/mol. The van der Waals surface area contributed by atoms with Gasteiger partial charge in [0.2, 0.25) is 17.0 Å². The Bertz CT molecular complexity index is 1030. The Labute approximate surface area is 193 Å². The van der Waals surface area contributed by atoms with Crippen molar-refractivity contribution in [2.75, 3.05) is 40.9 Å². The van der Waals surface area contributed by atoms with Gasteiger partial charge in [-0.15, -0.1) is 0 Å². The molecule has 6 nitrogen and oxygen atoms in total. The summed E-state index contributed by atoms with van der Waals surface area (Å²) in [5, 5.41) is 0.548. The Morgan fingerprint density at radius 3 is 2.50 bits per heavy atom. The molecule has 0 atom stereocenters. The number of piperidine rings is 2. The fourth-order valence-electron chi connectivity index (χ4n) is 5.06. The Morgan fingerprint density at radius 2 is 1.81 bits per heavy atom. The van der Waals surface area contributed by atoms with Crippen LogP contribution in [0.2, 0.25) is 5.02 Å². The first-order valence-corrected chi connectivity index (χ1v) is 11.9. The Balaban J connectivity index is 1.32. The van der Waals surface area contributed by atoms with Crippen molar-refractivity contribution in [1.29, 1.82) is 0 Å². The van der Waals surface area contributed by atoms with Crippen molar-refractivity contribution in [1.82, 2.24) is 9.36 Å². The van der Waals surface area contributed by atoms with E-state index in [2.05, 4.69) is 9.36 Å². The fourth-order valence-corrected chi connectivity index (χ4v) is 5.89. The number of hydrogen-bond acceptors (Lipinski definition) is 6. The molecule has 0 aliphatic carbocycles. The summed E-state index contributed by atoms with van der Waals surface area (Å²) in [4.78, 5) is 22.8. The molecule has 5 rings (SSSR count). The zero-order valence-corrected chi connectivity index (χ0v) is 18.9. The minimum atomic E-state index is -2.68. The first kappa shape index (κ1) is 21.8. The van der Waals surface area contributed by atoms with Crippen LogP contribution in [0.3, 0.4) is 0 Å². The van der Waals surface area contributed by atoms with E-state index >= 15 is 0 Å². The molecule has 1 aromatic heterocycles. The number of aromatic nitrogens is 2. The number of amides is 1. The molecule has 3 saturated heterocycles. The standard InChI is InChI=1S/C21H23ClF3N5OS/c22-15-4-3-14(12-16(15)23)30-17(31)2-1-5-20(30)6-9-28(10-7-20)18-26-19(32-27-18)29-11-8-21(24,25)13-29/h3-4,12H,1-2,5-11,13H2. The van der Waals surface area contributed by atoms with Gasteiger partial charge in [0.1, 0.15) is 5.82 Å².